The molecule has 264 valence electrons. The Hall–Kier alpha value is -3.79. The van der Waals surface area contributed by atoms with Crippen LogP contribution < -0.4 is 11.5 Å². The molecule has 0 aliphatic carbocycles. The van der Waals surface area contributed by atoms with Gasteiger partial charge in [-0.2, -0.15) is 0 Å². The number of unbranched alkanes of at least 4 members (excludes halogenated alkanes) is 1. The van der Waals surface area contributed by atoms with E-state index in [1.165, 1.54) is 0 Å². The van der Waals surface area contributed by atoms with Crippen molar-refractivity contribution < 1.29 is 0 Å². The first-order chi connectivity index (χ1) is 25.1. The Balaban J connectivity index is 1.53. The third-order valence-electron chi connectivity index (χ3n) is 8.79. The van der Waals surface area contributed by atoms with Crippen molar-refractivity contribution in [3.8, 4) is 0 Å². The SMILES string of the molecule is C=CCc1ccc(C(=C(N)[B]CCCC[B]C(N)=C(c2ccc(CC=C)c(Cl)c2)c2ccc(CC=C)c(Cl)c2)c2ccc(CC=C)c(Cl)c2)cc1Cl. The van der Waals surface area contributed by atoms with Gasteiger partial charge in [-0.3, -0.25) is 0 Å². The zero-order valence-corrected chi connectivity index (χ0v) is 32.6. The van der Waals surface area contributed by atoms with E-state index in [1.807, 2.05) is 97.1 Å². The van der Waals surface area contributed by atoms with Crippen LogP contribution in [0.2, 0.25) is 32.7 Å². The van der Waals surface area contributed by atoms with Gasteiger partial charge in [0, 0.05) is 20.1 Å². The van der Waals surface area contributed by atoms with Crippen molar-refractivity contribution in [3.05, 3.63) is 199 Å². The minimum Gasteiger partial charge on any atom is -0.410 e. The summed E-state index contributed by atoms with van der Waals surface area (Å²) in [5.41, 5.74) is 24.5. The van der Waals surface area contributed by atoms with Gasteiger partial charge in [0.05, 0.1) is 0 Å². The Morgan fingerprint density at radius 2 is 0.712 bits per heavy atom. The summed E-state index contributed by atoms with van der Waals surface area (Å²) in [6.45, 7) is 15.4. The van der Waals surface area contributed by atoms with Gasteiger partial charge in [-0.15, -0.1) is 26.3 Å². The third kappa shape index (κ3) is 10.9. The Labute approximate surface area is 332 Å². The molecular weight excluding hydrogens is 720 g/mol. The van der Waals surface area contributed by atoms with E-state index in [9.17, 15) is 0 Å². The summed E-state index contributed by atoms with van der Waals surface area (Å²) < 4.78 is 0. The molecule has 0 aliphatic heterocycles. The minimum atomic E-state index is 0.666. The molecule has 2 radical (unpaired) electrons. The average molecular weight is 764 g/mol. The molecule has 8 heteroatoms. The number of halogens is 4. The first-order valence-electron chi connectivity index (χ1n) is 17.4. The molecule has 4 aromatic carbocycles. The molecule has 0 bridgehead atoms. The van der Waals surface area contributed by atoms with Crippen LogP contribution in [0.1, 0.15) is 57.3 Å². The molecule has 0 spiro atoms. The topological polar surface area (TPSA) is 52.0 Å². The highest BCUT2D eigenvalue weighted by molar-refractivity contribution is 6.48. The largest absolute Gasteiger partial charge is 0.410 e. The molecule has 0 aromatic heterocycles. The summed E-state index contributed by atoms with van der Waals surface area (Å²) in [6, 6.07) is 24.1. The van der Waals surface area contributed by atoms with Gasteiger partial charge < -0.3 is 11.5 Å². The molecule has 0 saturated heterocycles. The van der Waals surface area contributed by atoms with Crippen molar-refractivity contribution in [2.24, 2.45) is 11.5 Å². The van der Waals surface area contributed by atoms with E-state index in [1.54, 1.807) is 0 Å². The lowest BCUT2D eigenvalue weighted by Gasteiger charge is -2.16. The lowest BCUT2D eigenvalue weighted by Crippen LogP contribution is -2.12. The summed E-state index contributed by atoms with van der Waals surface area (Å²) >= 11 is 26.8. The fourth-order valence-electron chi connectivity index (χ4n) is 6.10. The van der Waals surface area contributed by atoms with Crippen molar-refractivity contribution >= 4 is 72.1 Å². The molecule has 0 heterocycles. The van der Waals surface area contributed by atoms with Crippen LogP contribution in [0.5, 0.6) is 0 Å². The highest BCUT2D eigenvalue weighted by Crippen LogP contribution is 2.34. The summed E-state index contributed by atoms with van der Waals surface area (Å²) in [4.78, 5) is 0. The molecule has 2 nitrogen and oxygen atoms in total. The van der Waals surface area contributed by atoms with Gasteiger partial charge in [0.2, 0.25) is 0 Å². The van der Waals surface area contributed by atoms with Crippen molar-refractivity contribution in [1.29, 1.82) is 0 Å². The average Bonchev–Trinajstić information content (AvgIpc) is 3.11. The zero-order chi connectivity index (χ0) is 37.6. The van der Waals surface area contributed by atoms with Gasteiger partial charge >= 0.3 is 0 Å². The molecule has 0 amide bonds. The second-order valence-electron chi connectivity index (χ2n) is 12.5. The van der Waals surface area contributed by atoms with Crippen molar-refractivity contribution in [2.75, 3.05) is 0 Å². The highest BCUT2D eigenvalue weighted by atomic mass is 35.5. The predicted octanol–water partition coefficient (Wildman–Crippen LogP) is 12.3. The highest BCUT2D eigenvalue weighted by Gasteiger charge is 2.16. The molecule has 4 rings (SSSR count). The molecule has 4 aromatic rings. The molecule has 0 unspecified atom stereocenters. The van der Waals surface area contributed by atoms with Crippen LogP contribution >= 0.6 is 46.4 Å². The second-order valence-corrected chi connectivity index (χ2v) is 14.2. The van der Waals surface area contributed by atoms with Crippen molar-refractivity contribution in [3.63, 3.8) is 0 Å². The van der Waals surface area contributed by atoms with Gasteiger partial charge in [0.15, 0.2) is 14.6 Å². The molecule has 4 N–H and O–H groups in total. The number of benzene rings is 4. The Morgan fingerprint density at radius 3 is 0.923 bits per heavy atom. The van der Waals surface area contributed by atoms with Crippen molar-refractivity contribution in [2.45, 2.75) is 51.2 Å². The number of hydrogen-bond acceptors (Lipinski definition) is 2. The zero-order valence-electron chi connectivity index (χ0n) is 29.5. The van der Waals surface area contributed by atoms with Crippen LogP contribution in [-0.4, -0.2) is 14.6 Å². The van der Waals surface area contributed by atoms with Gasteiger partial charge in [-0.05, 0) is 117 Å². The van der Waals surface area contributed by atoms with Crippen LogP contribution in [0.4, 0.5) is 0 Å². The molecule has 52 heavy (non-hydrogen) atoms. The third-order valence-corrected chi connectivity index (χ3v) is 10.2. The summed E-state index contributed by atoms with van der Waals surface area (Å²) in [7, 11) is 4.16. The fraction of sp³-hybridized carbons (Fsp3) is 0.182. The van der Waals surface area contributed by atoms with Gasteiger partial charge in [-0.1, -0.05) is 145 Å². The maximum Gasteiger partial charge on any atom is 0.174 e. The molecule has 0 atom stereocenters. The van der Waals surface area contributed by atoms with Crippen LogP contribution in [0, 0.1) is 0 Å². The number of nitrogens with two attached hydrogens (primary N) is 2. The van der Waals surface area contributed by atoms with Crippen LogP contribution in [0.3, 0.4) is 0 Å². The maximum absolute atomic E-state index is 6.83. The van der Waals surface area contributed by atoms with Gasteiger partial charge in [-0.25, -0.2) is 0 Å². The first-order valence-corrected chi connectivity index (χ1v) is 18.9. The van der Waals surface area contributed by atoms with E-state index in [0.717, 1.165) is 81.1 Å². The number of rotatable bonds is 19. The van der Waals surface area contributed by atoms with Crippen LogP contribution in [0.15, 0.2) is 135 Å². The van der Waals surface area contributed by atoms with E-state index in [0.29, 0.717) is 57.0 Å². The minimum absolute atomic E-state index is 0.666. The van der Waals surface area contributed by atoms with E-state index in [2.05, 4.69) is 40.9 Å². The normalized spacial score (nSPS) is 10.6. The molecular formula is C44H44B2Cl4N2. The maximum atomic E-state index is 6.83. The van der Waals surface area contributed by atoms with Crippen molar-refractivity contribution in [1.82, 2.24) is 0 Å². The lowest BCUT2D eigenvalue weighted by molar-refractivity contribution is 0.874. The molecule has 0 fully saturated rings. The van der Waals surface area contributed by atoms with E-state index < -0.39 is 0 Å². The van der Waals surface area contributed by atoms with Gasteiger partial charge in [0.25, 0.3) is 0 Å². The van der Waals surface area contributed by atoms with E-state index >= 15 is 0 Å². The number of hydrogen-bond donors (Lipinski definition) is 2. The molecule has 0 saturated carbocycles. The number of allylic oxidation sites excluding steroid dienone is 4. The Kier molecular flexibility index (Phi) is 16.1. The van der Waals surface area contributed by atoms with E-state index in [-0.39, 0.29) is 0 Å². The first kappa shape index (κ1) is 41.0. The van der Waals surface area contributed by atoms with Gasteiger partial charge in [0.1, 0.15) is 0 Å². The lowest BCUT2D eigenvalue weighted by atomic mass is 9.63. The van der Waals surface area contributed by atoms with Crippen LogP contribution in [0.25, 0.3) is 11.1 Å². The Morgan fingerprint density at radius 1 is 0.462 bits per heavy atom. The summed E-state index contributed by atoms with van der Waals surface area (Å²) in [5, 5.41) is 2.68. The Bertz CT molecular complexity index is 1730. The second kappa shape index (κ2) is 20.5. The summed E-state index contributed by atoms with van der Waals surface area (Å²) in [6.07, 6.45) is 13.5. The standard InChI is InChI=1S/C44H44B2Cl4N2/c1-5-11-29-15-19-33(25-37(29)47)41(34-20-16-30(12-6-2)38(48)26-34)43(51)45-23-9-10-24-46-44(52)42(35-21-17-31(13-7-3)39(49)27-35)36-22-18-32(14-8-4)40(50)28-36/h5-8,15-22,25-28H,1-4,9-14,23-24,51-52H2. The quantitative estimate of drug-likeness (QED) is 0.0568. The van der Waals surface area contributed by atoms with E-state index in [4.69, 9.17) is 57.9 Å². The smallest absolute Gasteiger partial charge is 0.174 e. The monoisotopic (exact) mass is 762 g/mol. The molecule has 0 aliphatic rings. The predicted molar refractivity (Wildman–Crippen MR) is 232 cm³/mol. The van der Waals surface area contributed by atoms with Crippen LogP contribution in [-0.2, 0) is 25.7 Å². The fourth-order valence-corrected chi connectivity index (χ4v) is 7.13. The summed E-state index contributed by atoms with van der Waals surface area (Å²) in [5.74, 6) is 0.